The highest BCUT2D eigenvalue weighted by atomic mass is 35.5. The number of nitrogens with one attached hydrogen (secondary N) is 1. The summed E-state index contributed by atoms with van der Waals surface area (Å²) in [4.78, 5) is 16.3. The highest BCUT2D eigenvalue weighted by molar-refractivity contribution is 6.31. The fourth-order valence-electron chi connectivity index (χ4n) is 5.18. The van der Waals surface area contributed by atoms with Crippen LogP contribution in [0.15, 0.2) is 18.5 Å². The molecule has 1 aromatic carbocycles. The second-order valence-corrected chi connectivity index (χ2v) is 9.62. The molecule has 10 heteroatoms. The van der Waals surface area contributed by atoms with Crippen LogP contribution in [-0.2, 0) is 17.6 Å². The van der Waals surface area contributed by atoms with Crippen molar-refractivity contribution in [1.29, 1.82) is 0 Å². The van der Waals surface area contributed by atoms with Gasteiger partial charge in [-0.2, -0.15) is 5.10 Å². The predicted molar refractivity (Wildman–Crippen MR) is 145 cm³/mol. The molecule has 0 amide bonds. The average Bonchev–Trinajstić information content (AvgIpc) is 3.30. The molecule has 2 aliphatic rings. The second kappa shape index (κ2) is 11.7. The third kappa shape index (κ3) is 5.66. The lowest BCUT2D eigenvalue weighted by atomic mass is 10.0. The molecular weight excluding hydrogens is 485 g/mol. The van der Waals surface area contributed by atoms with Gasteiger partial charge in [-0.25, -0.2) is 9.97 Å². The third-order valence-corrected chi connectivity index (χ3v) is 7.36. The molecule has 4 heterocycles. The average molecular weight is 521 g/mol. The molecule has 2 aliphatic heterocycles. The number of H-pyrrole nitrogens is 1. The van der Waals surface area contributed by atoms with E-state index in [0.717, 1.165) is 106 Å². The van der Waals surface area contributed by atoms with Crippen molar-refractivity contribution in [3.8, 4) is 0 Å². The molecule has 0 saturated carbocycles. The van der Waals surface area contributed by atoms with Gasteiger partial charge in [-0.05, 0) is 56.0 Å². The Balaban J connectivity index is 0.00000289. The van der Waals surface area contributed by atoms with E-state index in [4.69, 9.17) is 16.3 Å². The van der Waals surface area contributed by atoms with E-state index in [1.54, 1.807) is 6.33 Å². The molecule has 0 atom stereocenters. The quantitative estimate of drug-likeness (QED) is 0.507. The van der Waals surface area contributed by atoms with Crippen LogP contribution in [0.5, 0.6) is 0 Å². The zero-order valence-corrected chi connectivity index (χ0v) is 22.2. The van der Waals surface area contributed by atoms with Crippen LogP contribution < -0.4 is 9.80 Å². The number of aromatic amines is 1. The largest absolute Gasteiger partial charge is 0.379 e. The van der Waals surface area contributed by atoms with Gasteiger partial charge in [0.1, 0.15) is 12.1 Å². The molecule has 0 radical (unpaired) electrons. The molecule has 1 N–H and O–H groups in total. The van der Waals surface area contributed by atoms with Crippen LogP contribution in [0.3, 0.4) is 0 Å². The van der Waals surface area contributed by atoms with Crippen LogP contribution >= 0.6 is 24.0 Å². The van der Waals surface area contributed by atoms with Crippen molar-refractivity contribution in [2.45, 2.75) is 33.1 Å². The Bertz CT molecular complexity index is 1120. The molecule has 190 valence electrons. The number of aromatic nitrogens is 4. The summed E-state index contributed by atoms with van der Waals surface area (Å²) in [6.45, 7) is 12.9. The molecule has 0 aliphatic carbocycles. The number of hydrogen-bond acceptors (Lipinski definition) is 7. The van der Waals surface area contributed by atoms with E-state index in [9.17, 15) is 0 Å². The fraction of sp³-hybridized carbons (Fsp3) is 0.560. The van der Waals surface area contributed by atoms with E-state index in [2.05, 4.69) is 60.8 Å². The minimum absolute atomic E-state index is 0. The van der Waals surface area contributed by atoms with Crippen LogP contribution in [0.25, 0.3) is 11.0 Å². The molecule has 35 heavy (non-hydrogen) atoms. The fourth-order valence-corrected chi connectivity index (χ4v) is 5.42. The number of anilines is 2. The lowest BCUT2D eigenvalue weighted by Gasteiger charge is -2.38. The zero-order valence-electron chi connectivity index (χ0n) is 20.6. The van der Waals surface area contributed by atoms with Crippen molar-refractivity contribution in [2.75, 3.05) is 68.8 Å². The summed E-state index contributed by atoms with van der Waals surface area (Å²) in [5.74, 6) is 0.988. The van der Waals surface area contributed by atoms with Gasteiger partial charge >= 0.3 is 0 Å². The standard InChI is InChI=1S/C25H34ClN7O.ClH/c1-3-21-23-24(30-29-21)27-17-28-25(23)33-9-7-32(8-10-33)22-16-20(26)15-19(18(22)2)5-4-6-31-11-13-34-14-12-31;/h15-17H,3-14H2,1-2H3,(H,27,28,29,30);1H. The Labute approximate surface area is 218 Å². The van der Waals surface area contributed by atoms with Gasteiger partial charge in [0.05, 0.1) is 24.3 Å². The Morgan fingerprint density at radius 3 is 2.51 bits per heavy atom. The Hall–Kier alpha value is -2.13. The van der Waals surface area contributed by atoms with E-state index in [0.29, 0.717) is 0 Å². The Morgan fingerprint density at radius 1 is 1.03 bits per heavy atom. The van der Waals surface area contributed by atoms with Gasteiger partial charge in [-0.1, -0.05) is 18.5 Å². The van der Waals surface area contributed by atoms with Crippen molar-refractivity contribution < 1.29 is 4.74 Å². The van der Waals surface area contributed by atoms with Crippen LogP contribution in [0.4, 0.5) is 11.5 Å². The lowest BCUT2D eigenvalue weighted by molar-refractivity contribution is 0.0374. The summed E-state index contributed by atoms with van der Waals surface area (Å²) in [6.07, 6.45) is 4.68. The van der Waals surface area contributed by atoms with Crippen molar-refractivity contribution in [2.24, 2.45) is 0 Å². The number of halogens is 2. The number of morpholine rings is 1. The minimum Gasteiger partial charge on any atom is -0.379 e. The smallest absolute Gasteiger partial charge is 0.160 e. The van der Waals surface area contributed by atoms with Gasteiger partial charge in [0.15, 0.2) is 5.65 Å². The maximum absolute atomic E-state index is 6.59. The first kappa shape index (κ1) is 25.9. The van der Waals surface area contributed by atoms with E-state index in [1.165, 1.54) is 16.8 Å². The number of hydrogen-bond donors (Lipinski definition) is 1. The molecule has 3 aromatic rings. The van der Waals surface area contributed by atoms with Gasteiger partial charge in [-0.3, -0.25) is 10.00 Å². The predicted octanol–water partition coefficient (Wildman–Crippen LogP) is 3.89. The topological polar surface area (TPSA) is 73.4 Å². The van der Waals surface area contributed by atoms with Crippen molar-refractivity contribution in [1.82, 2.24) is 25.1 Å². The van der Waals surface area contributed by atoms with Crippen molar-refractivity contribution >= 4 is 46.5 Å². The number of rotatable bonds is 7. The molecule has 2 fully saturated rings. The van der Waals surface area contributed by atoms with E-state index >= 15 is 0 Å². The molecule has 5 rings (SSSR count). The first-order valence-corrected chi connectivity index (χ1v) is 12.8. The van der Waals surface area contributed by atoms with E-state index in [1.807, 2.05) is 0 Å². The normalized spacial score (nSPS) is 17.1. The summed E-state index contributed by atoms with van der Waals surface area (Å²) < 4.78 is 5.47. The second-order valence-electron chi connectivity index (χ2n) is 9.19. The van der Waals surface area contributed by atoms with Crippen LogP contribution in [0.2, 0.25) is 5.02 Å². The van der Waals surface area contributed by atoms with Crippen LogP contribution in [-0.4, -0.2) is 84.1 Å². The number of piperazine rings is 1. The maximum atomic E-state index is 6.59. The summed E-state index contributed by atoms with van der Waals surface area (Å²) in [5.41, 5.74) is 5.82. The van der Waals surface area contributed by atoms with E-state index < -0.39 is 0 Å². The molecular formula is C25H35Cl2N7O. The summed E-state index contributed by atoms with van der Waals surface area (Å²) >= 11 is 6.59. The summed E-state index contributed by atoms with van der Waals surface area (Å²) in [5, 5.41) is 9.36. The number of nitrogens with zero attached hydrogens (tertiary/aromatic N) is 6. The van der Waals surface area contributed by atoms with Crippen LogP contribution in [0.1, 0.15) is 30.2 Å². The molecule has 0 bridgehead atoms. The molecule has 8 nitrogen and oxygen atoms in total. The van der Waals surface area contributed by atoms with Gasteiger partial charge in [-0.15, -0.1) is 12.4 Å². The molecule has 2 saturated heterocycles. The highest BCUT2D eigenvalue weighted by Gasteiger charge is 2.24. The molecule has 2 aromatic heterocycles. The Kier molecular flexibility index (Phi) is 8.70. The third-order valence-electron chi connectivity index (χ3n) is 7.14. The van der Waals surface area contributed by atoms with Gasteiger partial charge in [0.25, 0.3) is 0 Å². The zero-order chi connectivity index (χ0) is 23.5. The monoisotopic (exact) mass is 519 g/mol. The highest BCUT2D eigenvalue weighted by Crippen LogP contribution is 2.31. The van der Waals surface area contributed by atoms with E-state index in [-0.39, 0.29) is 12.4 Å². The first-order chi connectivity index (χ1) is 16.6. The molecule has 0 unspecified atom stereocenters. The number of ether oxygens (including phenoxy) is 1. The maximum Gasteiger partial charge on any atom is 0.160 e. The summed E-state index contributed by atoms with van der Waals surface area (Å²) in [6, 6.07) is 4.28. The van der Waals surface area contributed by atoms with Crippen LogP contribution in [0, 0.1) is 6.92 Å². The molecule has 0 spiro atoms. The van der Waals surface area contributed by atoms with Crippen molar-refractivity contribution in [3.63, 3.8) is 0 Å². The number of benzene rings is 1. The Morgan fingerprint density at radius 2 is 1.77 bits per heavy atom. The SMILES string of the molecule is CCc1n[nH]c2ncnc(N3CCN(c4cc(Cl)cc(CCCN5CCOCC5)c4C)CC3)c12.Cl. The summed E-state index contributed by atoms with van der Waals surface area (Å²) in [7, 11) is 0. The first-order valence-electron chi connectivity index (χ1n) is 12.4. The lowest BCUT2D eigenvalue weighted by Crippen LogP contribution is -2.47. The van der Waals surface area contributed by atoms with Gasteiger partial charge < -0.3 is 14.5 Å². The van der Waals surface area contributed by atoms with Gasteiger partial charge in [0.2, 0.25) is 0 Å². The number of aryl methyl sites for hydroxylation is 2. The number of fused-ring (bicyclic) bond motifs is 1. The van der Waals surface area contributed by atoms with Gasteiger partial charge in [0, 0.05) is 50.0 Å². The minimum atomic E-state index is 0. The van der Waals surface area contributed by atoms with Crippen molar-refractivity contribution in [3.05, 3.63) is 40.3 Å².